The molecule has 28 heavy (non-hydrogen) atoms. The van der Waals surface area contributed by atoms with Gasteiger partial charge in [-0.25, -0.2) is 4.68 Å². The van der Waals surface area contributed by atoms with E-state index in [2.05, 4.69) is 36.9 Å². The number of halogens is 1. The van der Waals surface area contributed by atoms with Crippen LogP contribution in [0.5, 0.6) is 0 Å². The van der Waals surface area contributed by atoms with Gasteiger partial charge in [0.25, 0.3) is 5.91 Å². The Labute approximate surface area is 170 Å². The Kier molecular flexibility index (Phi) is 6.38. The number of hydrogen-bond donors (Lipinski definition) is 3. The van der Waals surface area contributed by atoms with Crippen LogP contribution < -0.4 is 16.4 Å². The summed E-state index contributed by atoms with van der Waals surface area (Å²) < 4.78 is 2.11. The first-order chi connectivity index (χ1) is 13.5. The lowest BCUT2D eigenvalue weighted by Crippen LogP contribution is -2.27. The van der Waals surface area contributed by atoms with Crippen LogP contribution in [0.1, 0.15) is 16.1 Å². The lowest BCUT2D eigenvalue weighted by atomic mass is 10.1. The number of amides is 2. The van der Waals surface area contributed by atoms with Gasteiger partial charge in [-0.1, -0.05) is 51.5 Å². The lowest BCUT2D eigenvalue weighted by molar-refractivity contribution is -0.116. The molecule has 0 aliphatic rings. The first-order valence-corrected chi connectivity index (χ1v) is 9.39. The molecule has 0 aliphatic heterocycles. The van der Waals surface area contributed by atoms with Crippen LogP contribution in [0.25, 0.3) is 0 Å². The molecule has 8 nitrogen and oxygen atoms in total. The smallest absolute Gasteiger partial charge is 0.275 e. The van der Waals surface area contributed by atoms with Gasteiger partial charge in [0, 0.05) is 16.7 Å². The molecule has 1 heterocycles. The molecule has 2 aromatic carbocycles. The van der Waals surface area contributed by atoms with Crippen LogP contribution in [0.2, 0.25) is 0 Å². The summed E-state index contributed by atoms with van der Waals surface area (Å²) in [5.74, 6) is -0.703. The Hall–Kier alpha value is -3.20. The zero-order valence-electron chi connectivity index (χ0n) is 14.9. The largest absolute Gasteiger partial charge is 0.382 e. The SMILES string of the molecule is Nc1c(C(=O)NCCc2ccccc2)nnn1CC(=O)Nc1ccc(Br)cc1. The Morgan fingerprint density at radius 2 is 1.79 bits per heavy atom. The van der Waals surface area contributed by atoms with Crippen LogP contribution in [0.3, 0.4) is 0 Å². The van der Waals surface area contributed by atoms with Gasteiger partial charge >= 0.3 is 0 Å². The predicted molar refractivity (Wildman–Crippen MR) is 110 cm³/mol. The number of hydrogen-bond acceptors (Lipinski definition) is 5. The van der Waals surface area contributed by atoms with Crippen molar-refractivity contribution in [3.8, 4) is 0 Å². The van der Waals surface area contributed by atoms with Crippen molar-refractivity contribution in [2.75, 3.05) is 17.6 Å². The highest BCUT2D eigenvalue weighted by atomic mass is 79.9. The van der Waals surface area contributed by atoms with Gasteiger partial charge in [0.05, 0.1) is 0 Å². The van der Waals surface area contributed by atoms with Gasteiger partial charge in [-0.2, -0.15) is 0 Å². The average Bonchev–Trinajstić information content (AvgIpc) is 3.05. The fraction of sp³-hybridized carbons (Fsp3) is 0.158. The molecule has 9 heteroatoms. The first-order valence-electron chi connectivity index (χ1n) is 8.59. The molecule has 0 spiro atoms. The van der Waals surface area contributed by atoms with Crippen LogP contribution in [0, 0.1) is 0 Å². The molecule has 144 valence electrons. The van der Waals surface area contributed by atoms with Gasteiger partial charge in [-0.3, -0.25) is 9.59 Å². The minimum Gasteiger partial charge on any atom is -0.382 e. The van der Waals surface area contributed by atoms with Gasteiger partial charge in [-0.05, 0) is 36.2 Å². The molecular weight excluding hydrogens is 424 g/mol. The second-order valence-electron chi connectivity index (χ2n) is 6.03. The number of carbonyl (C=O) groups is 2. The first kappa shape index (κ1) is 19.6. The van der Waals surface area contributed by atoms with E-state index in [1.165, 1.54) is 4.68 Å². The van der Waals surface area contributed by atoms with E-state index in [4.69, 9.17) is 5.73 Å². The Morgan fingerprint density at radius 1 is 1.07 bits per heavy atom. The molecule has 0 fully saturated rings. The molecule has 0 bridgehead atoms. The third-order valence-corrected chi connectivity index (χ3v) is 4.48. The van der Waals surface area contributed by atoms with Crippen molar-refractivity contribution in [3.63, 3.8) is 0 Å². The number of nitrogens with two attached hydrogens (primary N) is 1. The monoisotopic (exact) mass is 442 g/mol. The highest BCUT2D eigenvalue weighted by Crippen LogP contribution is 2.14. The zero-order chi connectivity index (χ0) is 19.9. The van der Waals surface area contributed by atoms with E-state index in [1.807, 2.05) is 42.5 Å². The van der Waals surface area contributed by atoms with E-state index in [0.717, 1.165) is 10.0 Å². The van der Waals surface area contributed by atoms with Gasteiger partial charge in [0.2, 0.25) is 5.91 Å². The number of benzene rings is 2. The van der Waals surface area contributed by atoms with Crippen molar-refractivity contribution in [1.82, 2.24) is 20.3 Å². The number of anilines is 2. The topological polar surface area (TPSA) is 115 Å². The van der Waals surface area contributed by atoms with E-state index in [0.29, 0.717) is 18.7 Å². The van der Waals surface area contributed by atoms with Crippen molar-refractivity contribution in [1.29, 1.82) is 0 Å². The second-order valence-corrected chi connectivity index (χ2v) is 6.94. The minimum absolute atomic E-state index is 0.00417. The second kappa shape index (κ2) is 9.14. The van der Waals surface area contributed by atoms with E-state index >= 15 is 0 Å². The summed E-state index contributed by atoms with van der Waals surface area (Å²) in [4.78, 5) is 24.4. The third kappa shape index (κ3) is 5.17. The third-order valence-electron chi connectivity index (χ3n) is 3.95. The summed E-state index contributed by atoms with van der Waals surface area (Å²) in [5, 5.41) is 13.1. The molecule has 3 rings (SSSR count). The fourth-order valence-corrected chi connectivity index (χ4v) is 2.78. The summed E-state index contributed by atoms with van der Waals surface area (Å²) in [6.45, 7) is 0.297. The van der Waals surface area contributed by atoms with Gasteiger partial charge in [0.1, 0.15) is 6.54 Å². The summed E-state index contributed by atoms with van der Waals surface area (Å²) in [7, 11) is 0. The average molecular weight is 443 g/mol. The van der Waals surface area contributed by atoms with Crippen molar-refractivity contribution >= 4 is 39.2 Å². The van der Waals surface area contributed by atoms with Gasteiger partial charge in [-0.15, -0.1) is 5.10 Å². The highest BCUT2D eigenvalue weighted by Gasteiger charge is 2.18. The van der Waals surface area contributed by atoms with Crippen LogP contribution in [-0.4, -0.2) is 33.4 Å². The molecule has 4 N–H and O–H groups in total. The molecule has 2 amide bonds. The lowest BCUT2D eigenvalue weighted by Gasteiger charge is -2.07. The van der Waals surface area contributed by atoms with Crippen molar-refractivity contribution in [3.05, 3.63) is 70.3 Å². The molecule has 0 saturated heterocycles. The zero-order valence-corrected chi connectivity index (χ0v) is 16.5. The maximum absolute atomic E-state index is 12.3. The number of nitrogens with one attached hydrogen (secondary N) is 2. The van der Waals surface area contributed by atoms with Gasteiger partial charge < -0.3 is 16.4 Å². The summed E-state index contributed by atoms with van der Waals surface area (Å²) in [6.07, 6.45) is 0.691. The van der Waals surface area contributed by atoms with E-state index < -0.39 is 5.91 Å². The number of aromatic nitrogens is 3. The molecule has 0 saturated carbocycles. The van der Waals surface area contributed by atoms with Crippen molar-refractivity contribution in [2.45, 2.75) is 13.0 Å². The Morgan fingerprint density at radius 3 is 2.50 bits per heavy atom. The van der Waals surface area contributed by atoms with E-state index in [1.54, 1.807) is 12.1 Å². The van der Waals surface area contributed by atoms with Crippen LogP contribution >= 0.6 is 15.9 Å². The molecule has 0 radical (unpaired) electrons. The standard InChI is InChI=1S/C19H19BrN6O2/c20-14-6-8-15(9-7-14)23-16(27)12-26-18(21)17(24-25-26)19(28)22-11-10-13-4-2-1-3-5-13/h1-9H,10-12,21H2,(H,22,28)(H,23,27). The Balaban J connectivity index is 1.54. The minimum atomic E-state index is -0.423. The molecule has 0 atom stereocenters. The van der Waals surface area contributed by atoms with Crippen molar-refractivity contribution < 1.29 is 9.59 Å². The molecule has 0 unspecified atom stereocenters. The van der Waals surface area contributed by atoms with Crippen LogP contribution in [-0.2, 0) is 17.8 Å². The quantitative estimate of drug-likeness (QED) is 0.518. The van der Waals surface area contributed by atoms with E-state index in [-0.39, 0.29) is 24.0 Å². The van der Waals surface area contributed by atoms with Crippen LogP contribution in [0.4, 0.5) is 11.5 Å². The number of nitrogen functional groups attached to an aromatic ring is 1. The Bertz CT molecular complexity index is 956. The maximum Gasteiger partial charge on any atom is 0.275 e. The predicted octanol–water partition coefficient (Wildman–Crippen LogP) is 2.23. The van der Waals surface area contributed by atoms with Crippen molar-refractivity contribution in [2.24, 2.45) is 0 Å². The molecule has 3 aromatic rings. The normalized spacial score (nSPS) is 10.5. The fourth-order valence-electron chi connectivity index (χ4n) is 2.52. The number of nitrogens with zero attached hydrogens (tertiary/aromatic N) is 3. The summed E-state index contributed by atoms with van der Waals surface area (Å²) >= 11 is 3.33. The molecule has 1 aromatic heterocycles. The number of rotatable bonds is 7. The highest BCUT2D eigenvalue weighted by molar-refractivity contribution is 9.10. The molecule has 0 aliphatic carbocycles. The summed E-state index contributed by atoms with van der Waals surface area (Å²) in [5.41, 5.74) is 7.70. The summed E-state index contributed by atoms with van der Waals surface area (Å²) in [6, 6.07) is 17.0. The van der Waals surface area contributed by atoms with Gasteiger partial charge in [0.15, 0.2) is 11.5 Å². The number of carbonyl (C=O) groups excluding carboxylic acids is 2. The maximum atomic E-state index is 12.3. The molecular formula is C19H19BrN6O2. The van der Waals surface area contributed by atoms with E-state index in [9.17, 15) is 9.59 Å². The van der Waals surface area contributed by atoms with Crippen LogP contribution in [0.15, 0.2) is 59.1 Å².